The summed E-state index contributed by atoms with van der Waals surface area (Å²) in [4.78, 5) is 29.1. The first-order valence-electron chi connectivity index (χ1n) is 11.3. The summed E-state index contributed by atoms with van der Waals surface area (Å²) in [5, 5.41) is 10.5. The summed E-state index contributed by atoms with van der Waals surface area (Å²) >= 11 is 0. The number of likely N-dealkylation sites (N-methyl/N-ethyl adjacent to an activating group) is 1. The lowest BCUT2D eigenvalue weighted by molar-refractivity contribution is -0.114. The highest BCUT2D eigenvalue weighted by atomic mass is 16.2. The van der Waals surface area contributed by atoms with Crippen molar-refractivity contribution in [1.82, 2.24) is 24.6 Å². The molecule has 2 heterocycles. The molecule has 0 bridgehead atoms. The molecule has 0 atom stereocenters. The molecule has 2 aromatic carbocycles. The Hall–Kier alpha value is -3.52. The Kier molecular flexibility index (Phi) is 7.14. The maximum absolute atomic E-state index is 13.2. The van der Waals surface area contributed by atoms with Gasteiger partial charge in [0.15, 0.2) is 0 Å². The van der Waals surface area contributed by atoms with Gasteiger partial charge in [-0.25, -0.2) is 0 Å². The van der Waals surface area contributed by atoms with Crippen LogP contribution in [0.15, 0.2) is 61.2 Å². The summed E-state index contributed by atoms with van der Waals surface area (Å²) in [6, 6.07) is 16.3. The number of benzene rings is 2. The van der Waals surface area contributed by atoms with Gasteiger partial charge < -0.3 is 15.1 Å². The minimum absolute atomic E-state index is 0.00379. The highest BCUT2D eigenvalue weighted by molar-refractivity contribution is 5.97. The number of piperidine rings is 1. The number of amides is 2. The standard InChI is InChI=1S/C25H30N6O2/c1-19(32)28-23-9-8-21(16-24(23)31-17-26-27-18-31)25(33)30-14-11-22(12-15-30)29(2)13-10-20-6-4-3-5-7-20/h3-9,16-18,22H,10-15H2,1-2H3,(H,28,32). The molecule has 33 heavy (non-hydrogen) atoms. The van der Waals surface area contributed by atoms with E-state index in [0.29, 0.717) is 23.0 Å². The van der Waals surface area contributed by atoms with E-state index in [9.17, 15) is 9.59 Å². The van der Waals surface area contributed by atoms with Crippen molar-refractivity contribution in [2.45, 2.75) is 32.2 Å². The first kappa shape index (κ1) is 22.7. The van der Waals surface area contributed by atoms with E-state index in [-0.39, 0.29) is 11.8 Å². The number of rotatable bonds is 7. The molecule has 2 amide bonds. The van der Waals surface area contributed by atoms with Crippen molar-refractivity contribution >= 4 is 17.5 Å². The Labute approximate surface area is 194 Å². The Bertz CT molecular complexity index is 1080. The highest BCUT2D eigenvalue weighted by Gasteiger charge is 2.26. The SMILES string of the molecule is CC(=O)Nc1ccc(C(=O)N2CCC(N(C)CCc3ccccc3)CC2)cc1-n1cnnc1. The molecule has 8 heteroatoms. The number of likely N-dealkylation sites (tertiary alicyclic amines) is 1. The van der Waals surface area contributed by atoms with Crippen LogP contribution in [0.1, 0.15) is 35.7 Å². The fourth-order valence-corrected chi connectivity index (χ4v) is 4.32. The van der Waals surface area contributed by atoms with E-state index in [1.54, 1.807) is 35.4 Å². The molecule has 0 aliphatic carbocycles. The number of nitrogens with one attached hydrogen (secondary N) is 1. The average molecular weight is 447 g/mol. The fourth-order valence-electron chi connectivity index (χ4n) is 4.32. The molecule has 3 aromatic rings. The van der Waals surface area contributed by atoms with Crippen LogP contribution in [-0.2, 0) is 11.2 Å². The van der Waals surface area contributed by atoms with Crippen LogP contribution in [-0.4, -0.2) is 69.1 Å². The summed E-state index contributed by atoms with van der Waals surface area (Å²) in [5.74, 6) is -0.175. The molecule has 1 saturated heterocycles. The summed E-state index contributed by atoms with van der Waals surface area (Å²) in [6.07, 6.45) is 6.04. The lowest BCUT2D eigenvalue weighted by Crippen LogP contribution is -2.46. The number of carbonyl (C=O) groups is 2. The largest absolute Gasteiger partial charge is 0.339 e. The zero-order chi connectivity index (χ0) is 23.2. The van der Waals surface area contributed by atoms with Crippen molar-refractivity contribution in [2.75, 3.05) is 32.0 Å². The van der Waals surface area contributed by atoms with Crippen molar-refractivity contribution in [3.63, 3.8) is 0 Å². The Morgan fingerprint density at radius 1 is 1.06 bits per heavy atom. The van der Waals surface area contributed by atoms with Gasteiger partial charge in [-0.05, 0) is 50.1 Å². The molecule has 1 fully saturated rings. The maximum Gasteiger partial charge on any atom is 0.253 e. The Balaban J connectivity index is 1.38. The number of hydrogen-bond donors (Lipinski definition) is 1. The van der Waals surface area contributed by atoms with Crippen LogP contribution in [0.3, 0.4) is 0 Å². The summed E-state index contributed by atoms with van der Waals surface area (Å²) < 4.78 is 1.69. The molecule has 1 aliphatic heterocycles. The molecule has 172 valence electrons. The van der Waals surface area contributed by atoms with Crippen molar-refractivity contribution in [3.05, 3.63) is 72.3 Å². The third-order valence-electron chi connectivity index (χ3n) is 6.22. The second kappa shape index (κ2) is 10.4. The average Bonchev–Trinajstić information content (AvgIpc) is 3.38. The van der Waals surface area contributed by atoms with Gasteiger partial charge in [0.1, 0.15) is 12.7 Å². The second-order valence-electron chi connectivity index (χ2n) is 8.52. The number of anilines is 1. The van der Waals surface area contributed by atoms with E-state index in [1.165, 1.54) is 12.5 Å². The fraction of sp³-hybridized carbons (Fsp3) is 0.360. The molecular formula is C25H30N6O2. The van der Waals surface area contributed by atoms with E-state index in [0.717, 1.165) is 38.9 Å². The van der Waals surface area contributed by atoms with Gasteiger partial charge in [-0.1, -0.05) is 30.3 Å². The lowest BCUT2D eigenvalue weighted by Gasteiger charge is -2.37. The predicted molar refractivity (Wildman–Crippen MR) is 127 cm³/mol. The van der Waals surface area contributed by atoms with Gasteiger partial charge >= 0.3 is 0 Å². The van der Waals surface area contributed by atoms with Gasteiger partial charge in [0, 0.05) is 38.2 Å². The molecule has 0 spiro atoms. The minimum atomic E-state index is -0.179. The van der Waals surface area contributed by atoms with Crippen LogP contribution in [0, 0.1) is 0 Å². The van der Waals surface area contributed by atoms with E-state index in [4.69, 9.17) is 0 Å². The number of hydrogen-bond acceptors (Lipinski definition) is 5. The molecule has 0 unspecified atom stereocenters. The van der Waals surface area contributed by atoms with Crippen LogP contribution in [0.4, 0.5) is 5.69 Å². The number of aromatic nitrogens is 3. The highest BCUT2D eigenvalue weighted by Crippen LogP contribution is 2.24. The van der Waals surface area contributed by atoms with Crippen molar-refractivity contribution in [1.29, 1.82) is 0 Å². The van der Waals surface area contributed by atoms with Crippen molar-refractivity contribution in [2.24, 2.45) is 0 Å². The molecule has 1 aromatic heterocycles. The molecule has 1 N–H and O–H groups in total. The van der Waals surface area contributed by atoms with Crippen molar-refractivity contribution in [3.8, 4) is 5.69 Å². The van der Waals surface area contributed by atoms with Crippen LogP contribution in [0.2, 0.25) is 0 Å². The quantitative estimate of drug-likeness (QED) is 0.603. The van der Waals surface area contributed by atoms with Gasteiger partial charge in [-0.15, -0.1) is 10.2 Å². The van der Waals surface area contributed by atoms with Gasteiger partial charge in [-0.2, -0.15) is 0 Å². The monoisotopic (exact) mass is 446 g/mol. The normalized spacial score (nSPS) is 14.5. The van der Waals surface area contributed by atoms with Crippen LogP contribution < -0.4 is 5.32 Å². The van der Waals surface area contributed by atoms with Gasteiger partial charge in [0.2, 0.25) is 5.91 Å². The molecule has 0 saturated carbocycles. The number of nitrogens with zero attached hydrogens (tertiary/aromatic N) is 5. The topological polar surface area (TPSA) is 83.4 Å². The predicted octanol–water partition coefficient (Wildman–Crippen LogP) is 3.00. The number of carbonyl (C=O) groups excluding carboxylic acids is 2. The summed E-state index contributed by atoms with van der Waals surface area (Å²) in [5.41, 5.74) is 3.21. The smallest absolute Gasteiger partial charge is 0.253 e. The minimum Gasteiger partial charge on any atom is -0.339 e. The van der Waals surface area contributed by atoms with Crippen molar-refractivity contribution < 1.29 is 9.59 Å². The first-order chi connectivity index (χ1) is 16.0. The molecule has 1 aliphatic rings. The van der Waals surface area contributed by atoms with Crippen LogP contribution in [0.25, 0.3) is 5.69 Å². The second-order valence-corrected chi connectivity index (χ2v) is 8.52. The van der Waals surface area contributed by atoms with Crippen LogP contribution in [0.5, 0.6) is 0 Å². The molecule has 8 nitrogen and oxygen atoms in total. The lowest BCUT2D eigenvalue weighted by atomic mass is 10.0. The molecular weight excluding hydrogens is 416 g/mol. The maximum atomic E-state index is 13.2. The van der Waals surface area contributed by atoms with E-state index >= 15 is 0 Å². The van der Waals surface area contributed by atoms with Crippen LogP contribution >= 0.6 is 0 Å². The molecule has 0 radical (unpaired) electrons. The summed E-state index contributed by atoms with van der Waals surface area (Å²) in [7, 11) is 2.18. The zero-order valence-electron chi connectivity index (χ0n) is 19.1. The van der Waals surface area contributed by atoms with E-state index in [2.05, 4.69) is 51.7 Å². The Morgan fingerprint density at radius 2 is 1.76 bits per heavy atom. The van der Waals surface area contributed by atoms with Gasteiger partial charge in [-0.3, -0.25) is 14.2 Å². The molecule has 4 rings (SSSR count). The third kappa shape index (κ3) is 5.64. The summed E-state index contributed by atoms with van der Waals surface area (Å²) in [6.45, 7) is 3.93. The Morgan fingerprint density at radius 3 is 2.42 bits per heavy atom. The van der Waals surface area contributed by atoms with Gasteiger partial charge in [0.05, 0.1) is 11.4 Å². The third-order valence-corrected chi connectivity index (χ3v) is 6.22. The first-order valence-corrected chi connectivity index (χ1v) is 11.3. The van der Waals surface area contributed by atoms with E-state index in [1.807, 2.05) is 11.0 Å². The van der Waals surface area contributed by atoms with Gasteiger partial charge in [0.25, 0.3) is 5.91 Å². The van der Waals surface area contributed by atoms with E-state index < -0.39 is 0 Å². The zero-order valence-corrected chi connectivity index (χ0v) is 19.1.